The van der Waals surface area contributed by atoms with E-state index in [1.807, 2.05) is 12.1 Å². The van der Waals surface area contributed by atoms with E-state index in [-0.39, 0.29) is 11.8 Å². The maximum absolute atomic E-state index is 13.8. The van der Waals surface area contributed by atoms with Crippen molar-refractivity contribution in [1.82, 2.24) is 15.6 Å². The minimum atomic E-state index is -0.435. The molecule has 2 heterocycles. The van der Waals surface area contributed by atoms with Gasteiger partial charge in [-0.05, 0) is 34.7 Å². The maximum Gasteiger partial charge on any atom is 0.252 e. The lowest BCUT2D eigenvalue weighted by Crippen LogP contribution is -2.36. The molecule has 2 N–H and O–H groups in total. The summed E-state index contributed by atoms with van der Waals surface area (Å²) in [5.74, 6) is -0.496. The molecule has 1 aliphatic rings. The predicted molar refractivity (Wildman–Crippen MR) is 94.9 cm³/mol. The van der Waals surface area contributed by atoms with Crippen LogP contribution in [0.15, 0.2) is 54.9 Å². The van der Waals surface area contributed by atoms with Gasteiger partial charge in [-0.25, -0.2) is 4.39 Å². The van der Waals surface area contributed by atoms with Crippen LogP contribution in [0.4, 0.5) is 4.39 Å². The molecule has 0 saturated carbocycles. The summed E-state index contributed by atoms with van der Waals surface area (Å²) in [7, 11) is 0. The second kappa shape index (κ2) is 6.61. The number of benzene rings is 2. The molecule has 25 heavy (non-hydrogen) atoms. The molecule has 1 unspecified atom stereocenters. The quantitative estimate of drug-likeness (QED) is 0.774. The van der Waals surface area contributed by atoms with Crippen LogP contribution in [0.25, 0.3) is 10.8 Å². The van der Waals surface area contributed by atoms with Gasteiger partial charge in [-0.3, -0.25) is 9.78 Å². The number of carbonyl (C=O) groups excluding carboxylic acids is 1. The number of hydrogen-bond acceptors (Lipinski definition) is 3. The first-order valence-electron chi connectivity index (χ1n) is 8.32. The first-order chi connectivity index (χ1) is 12.2. The van der Waals surface area contributed by atoms with Gasteiger partial charge in [0.25, 0.3) is 5.91 Å². The SMILES string of the molecule is O=C(NCC1CNCc2ccccc21)c1cc(F)cc2cnccc12. The van der Waals surface area contributed by atoms with Gasteiger partial charge in [0.2, 0.25) is 0 Å². The third-order valence-electron chi connectivity index (χ3n) is 4.67. The van der Waals surface area contributed by atoms with Crippen LogP contribution in [-0.4, -0.2) is 24.0 Å². The molecule has 4 rings (SSSR count). The van der Waals surface area contributed by atoms with Gasteiger partial charge in [-0.2, -0.15) is 0 Å². The molecule has 3 aromatic rings. The Bertz CT molecular complexity index is 941. The Labute approximate surface area is 145 Å². The molecule has 4 nitrogen and oxygen atoms in total. The Hall–Kier alpha value is -2.79. The summed E-state index contributed by atoms with van der Waals surface area (Å²) in [5.41, 5.74) is 2.86. The number of halogens is 1. The fourth-order valence-electron chi connectivity index (χ4n) is 3.44. The van der Waals surface area contributed by atoms with E-state index < -0.39 is 5.82 Å². The molecule has 0 fully saturated rings. The van der Waals surface area contributed by atoms with Crippen LogP contribution in [0.1, 0.15) is 27.4 Å². The van der Waals surface area contributed by atoms with Crippen molar-refractivity contribution in [3.8, 4) is 0 Å². The van der Waals surface area contributed by atoms with E-state index >= 15 is 0 Å². The van der Waals surface area contributed by atoms with Crippen LogP contribution in [-0.2, 0) is 6.54 Å². The molecule has 0 bridgehead atoms. The third-order valence-corrected chi connectivity index (χ3v) is 4.67. The minimum absolute atomic E-state index is 0.204. The number of fused-ring (bicyclic) bond motifs is 2. The second-order valence-corrected chi connectivity index (χ2v) is 6.29. The number of pyridine rings is 1. The number of aromatic nitrogens is 1. The lowest BCUT2D eigenvalue weighted by Gasteiger charge is -2.26. The van der Waals surface area contributed by atoms with Crippen molar-refractivity contribution in [2.75, 3.05) is 13.1 Å². The molecule has 1 aliphatic heterocycles. The molecule has 5 heteroatoms. The molecule has 0 radical (unpaired) electrons. The topological polar surface area (TPSA) is 54.0 Å². The zero-order chi connectivity index (χ0) is 17.2. The fraction of sp³-hybridized carbons (Fsp3) is 0.200. The minimum Gasteiger partial charge on any atom is -0.351 e. The highest BCUT2D eigenvalue weighted by Crippen LogP contribution is 2.24. The largest absolute Gasteiger partial charge is 0.351 e. The highest BCUT2D eigenvalue weighted by atomic mass is 19.1. The van der Waals surface area contributed by atoms with Crippen molar-refractivity contribution in [1.29, 1.82) is 0 Å². The summed E-state index contributed by atoms with van der Waals surface area (Å²) in [6, 6.07) is 12.7. The Morgan fingerprint density at radius 2 is 2.16 bits per heavy atom. The van der Waals surface area contributed by atoms with Crippen LogP contribution in [0.2, 0.25) is 0 Å². The number of nitrogens with one attached hydrogen (secondary N) is 2. The molecule has 2 aromatic carbocycles. The van der Waals surface area contributed by atoms with Gasteiger partial charge in [-0.15, -0.1) is 0 Å². The number of carbonyl (C=O) groups is 1. The van der Waals surface area contributed by atoms with Gasteiger partial charge in [0, 0.05) is 43.3 Å². The molecule has 1 amide bonds. The average molecular weight is 335 g/mol. The monoisotopic (exact) mass is 335 g/mol. The van der Waals surface area contributed by atoms with Crippen molar-refractivity contribution in [3.63, 3.8) is 0 Å². The highest BCUT2D eigenvalue weighted by Gasteiger charge is 2.21. The van der Waals surface area contributed by atoms with Crippen molar-refractivity contribution in [3.05, 3.63) is 77.4 Å². The first kappa shape index (κ1) is 15.7. The fourth-order valence-corrected chi connectivity index (χ4v) is 3.44. The predicted octanol–water partition coefficient (Wildman–Crippen LogP) is 2.99. The number of rotatable bonds is 3. The Morgan fingerprint density at radius 3 is 3.08 bits per heavy atom. The number of nitrogens with zero attached hydrogens (tertiary/aromatic N) is 1. The molecular formula is C20H18FN3O. The van der Waals surface area contributed by atoms with Gasteiger partial charge < -0.3 is 10.6 Å². The van der Waals surface area contributed by atoms with E-state index in [9.17, 15) is 9.18 Å². The molecule has 126 valence electrons. The molecule has 0 saturated heterocycles. The van der Waals surface area contributed by atoms with E-state index in [0.29, 0.717) is 22.9 Å². The van der Waals surface area contributed by atoms with Crippen LogP contribution >= 0.6 is 0 Å². The van der Waals surface area contributed by atoms with E-state index in [0.717, 1.165) is 13.1 Å². The average Bonchev–Trinajstić information content (AvgIpc) is 2.65. The van der Waals surface area contributed by atoms with Crippen molar-refractivity contribution >= 4 is 16.7 Å². The van der Waals surface area contributed by atoms with Crippen LogP contribution in [0, 0.1) is 5.82 Å². The zero-order valence-corrected chi connectivity index (χ0v) is 13.6. The van der Waals surface area contributed by atoms with Gasteiger partial charge in [0.15, 0.2) is 0 Å². The van der Waals surface area contributed by atoms with E-state index in [2.05, 4.69) is 27.8 Å². The molecule has 0 aliphatic carbocycles. The van der Waals surface area contributed by atoms with Gasteiger partial charge in [0.05, 0.1) is 5.56 Å². The maximum atomic E-state index is 13.8. The first-order valence-corrected chi connectivity index (χ1v) is 8.32. The Balaban J connectivity index is 1.56. The lowest BCUT2D eigenvalue weighted by molar-refractivity contribution is 0.0952. The normalized spacial score (nSPS) is 16.4. The van der Waals surface area contributed by atoms with Crippen LogP contribution in [0.5, 0.6) is 0 Å². The summed E-state index contributed by atoms with van der Waals surface area (Å²) in [6.45, 7) is 2.17. The molecule has 0 spiro atoms. The number of hydrogen-bond donors (Lipinski definition) is 2. The highest BCUT2D eigenvalue weighted by molar-refractivity contribution is 6.06. The summed E-state index contributed by atoms with van der Waals surface area (Å²) < 4.78 is 13.8. The standard InChI is InChI=1S/C20H18FN3O/c21-16-7-14-10-22-6-5-18(14)19(8-16)20(25)24-12-15-11-23-9-13-3-1-2-4-17(13)15/h1-8,10,15,23H,9,11-12H2,(H,24,25). The van der Waals surface area contributed by atoms with Crippen molar-refractivity contribution in [2.24, 2.45) is 0 Å². The number of amides is 1. The van der Waals surface area contributed by atoms with Gasteiger partial charge in [0.1, 0.15) is 5.82 Å². The Morgan fingerprint density at radius 1 is 1.28 bits per heavy atom. The van der Waals surface area contributed by atoms with E-state index in [4.69, 9.17) is 0 Å². The van der Waals surface area contributed by atoms with Crippen molar-refractivity contribution in [2.45, 2.75) is 12.5 Å². The molecule has 1 aromatic heterocycles. The van der Waals surface area contributed by atoms with Crippen LogP contribution < -0.4 is 10.6 Å². The summed E-state index contributed by atoms with van der Waals surface area (Å²) in [5, 5.41) is 7.66. The van der Waals surface area contributed by atoms with E-state index in [1.54, 1.807) is 18.5 Å². The zero-order valence-electron chi connectivity index (χ0n) is 13.6. The second-order valence-electron chi connectivity index (χ2n) is 6.29. The summed E-state index contributed by atoms with van der Waals surface area (Å²) in [6.07, 6.45) is 3.18. The lowest BCUT2D eigenvalue weighted by atomic mass is 9.91. The van der Waals surface area contributed by atoms with Crippen LogP contribution in [0.3, 0.4) is 0 Å². The third kappa shape index (κ3) is 3.10. The molecular weight excluding hydrogens is 317 g/mol. The van der Waals surface area contributed by atoms with Gasteiger partial charge >= 0.3 is 0 Å². The Kier molecular flexibility index (Phi) is 4.15. The summed E-state index contributed by atoms with van der Waals surface area (Å²) in [4.78, 5) is 16.6. The molecule has 1 atom stereocenters. The van der Waals surface area contributed by atoms with E-state index in [1.165, 1.54) is 23.3 Å². The smallest absolute Gasteiger partial charge is 0.252 e. The van der Waals surface area contributed by atoms with Crippen molar-refractivity contribution < 1.29 is 9.18 Å². The summed E-state index contributed by atoms with van der Waals surface area (Å²) >= 11 is 0. The van der Waals surface area contributed by atoms with Gasteiger partial charge in [-0.1, -0.05) is 24.3 Å².